The number of nitrogens with one attached hydrogen (secondary N) is 1. The van der Waals surface area contributed by atoms with Crippen molar-refractivity contribution in [2.24, 2.45) is 0 Å². The molecule has 0 radical (unpaired) electrons. The molecule has 34 heavy (non-hydrogen) atoms. The highest BCUT2D eigenvalue weighted by atomic mass is 19.1. The van der Waals surface area contributed by atoms with Gasteiger partial charge in [-0.1, -0.05) is 13.8 Å². The van der Waals surface area contributed by atoms with Gasteiger partial charge in [0.1, 0.15) is 5.82 Å². The lowest BCUT2D eigenvalue weighted by molar-refractivity contribution is -0.147. The van der Waals surface area contributed by atoms with Gasteiger partial charge < -0.3 is 19.1 Å². The molecule has 9 heteroatoms. The van der Waals surface area contributed by atoms with E-state index in [1.54, 1.807) is 26.3 Å². The van der Waals surface area contributed by atoms with Crippen LogP contribution in [0.5, 0.6) is 0 Å². The molecule has 1 aliphatic heterocycles. The molecular formula is C25H27FN4O4. The van der Waals surface area contributed by atoms with E-state index in [0.717, 1.165) is 33.4 Å². The van der Waals surface area contributed by atoms with Crippen molar-refractivity contribution in [1.82, 2.24) is 19.7 Å². The fraction of sp³-hybridized carbons (Fsp3) is 0.400. The van der Waals surface area contributed by atoms with Crippen LogP contribution >= 0.6 is 0 Å². The molecule has 4 heterocycles. The Morgan fingerprint density at radius 2 is 2.18 bits per heavy atom. The smallest absolute Gasteiger partial charge is 0.332 e. The number of aryl methyl sites for hydroxylation is 1. The molecule has 0 aliphatic carbocycles. The van der Waals surface area contributed by atoms with E-state index < -0.39 is 17.5 Å². The second kappa shape index (κ2) is 8.18. The molecule has 5 rings (SSSR count). The Balaban J connectivity index is 1.88. The molecule has 1 aromatic carbocycles. The van der Waals surface area contributed by atoms with Crippen LogP contribution in [0.3, 0.4) is 0 Å². The molecule has 1 aliphatic rings. The van der Waals surface area contributed by atoms with Gasteiger partial charge in [0.2, 0.25) is 0 Å². The number of H-pyrrole nitrogens is 1. The van der Waals surface area contributed by atoms with Crippen molar-refractivity contribution in [2.75, 3.05) is 20.3 Å². The molecule has 1 fully saturated rings. The van der Waals surface area contributed by atoms with Gasteiger partial charge in [-0.05, 0) is 43.2 Å². The minimum atomic E-state index is -0.970. The highest BCUT2D eigenvalue weighted by molar-refractivity contribution is 5.94. The van der Waals surface area contributed by atoms with Gasteiger partial charge in [-0.3, -0.25) is 5.10 Å². The Morgan fingerprint density at radius 3 is 2.85 bits per heavy atom. The van der Waals surface area contributed by atoms with Crippen LogP contribution in [0, 0.1) is 12.7 Å². The molecule has 0 saturated carbocycles. The third kappa shape index (κ3) is 3.56. The lowest BCUT2D eigenvalue weighted by Gasteiger charge is -2.29. The first-order valence-electron chi connectivity index (χ1n) is 11.2. The number of rotatable bonds is 6. The zero-order chi connectivity index (χ0) is 24.2. The fourth-order valence-electron chi connectivity index (χ4n) is 5.11. The zero-order valence-electron chi connectivity index (χ0n) is 19.6. The number of carboxylic acids is 1. The maximum Gasteiger partial charge on any atom is 0.332 e. The third-order valence-corrected chi connectivity index (χ3v) is 6.61. The first-order chi connectivity index (χ1) is 16.2. The summed E-state index contributed by atoms with van der Waals surface area (Å²) in [4.78, 5) is 16.6. The summed E-state index contributed by atoms with van der Waals surface area (Å²) >= 11 is 0. The molecule has 0 bridgehead atoms. The van der Waals surface area contributed by atoms with Crippen LogP contribution in [0.4, 0.5) is 4.39 Å². The highest BCUT2D eigenvalue weighted by Gasteiger charge is 2.40. The Hall–Kier alpha value is -3.30. The summed E-state index contributed by atoms with van der Waals surface area (Å²) in [6, 6.07) is 7.05. The molecule has 2 atom stereocenters. The van der Waals surface area contributed by atoms with Crippen molar-refractivity contribution in [3.05, 3.63) is 53.1 Å². The molecule has 8 nitrogen and oxygen atoms in total. The summed E-state index contributed by atoms with van der Waals surface area (Å²) in [7, 11) is 1.66. The average molecular weight is 467 g/mol. The summed E-state index contributed by atoms with van der Waals surface area (Å²) < 4.78 is 27.5. The number of pyridine rings is 1. The number of ether oxygens (including phenoxy) is 2. The molecule has 1 saturated heterocycles. The van der Waals surface area contributed by atoms with Gasteiger partial charge in [0.05, 0.1) is 30.4 Å². The van der Waals surface area contributed by atoms with E-state index in [1.807, 2.05) is 12.1 Å². The van der Waals surface area contributed by atoms with Crippen LogP contribution in [0.1, 0.15) is 43.0 Å². The number of carbonyl (C=O) groups is 1. The number of carboxylic acid groups (broad SMARTS) is 1. The maximum atomic E-state index is 14.2. The van der Waals surface area contributed by atoms with Crippen LogP contribution in [0.2, 0.25) is 0 Å². The third-order valence-electron chi connectivity index (χ3n) is 6.61. The largest absolute Gasteiger partial charge is 0.479 e. The van der Waals surface area contributed by atoms with Gasteiger partial charge in [0.15, 0.2) is 11.8 Å². The summed E-state index contributed by atoms with van der Waals surface area (Å²) in [6.07, 6.45) is 1.19. The Morgan fingerprint density at radius 1 is 1.38 bits per heavy atom. The number of aromatic nitrogens is 4. The molecule has 178 valence electrons. The standard InChI is InChI=1S/C25H27FN4O4/c1-13-7-16(5-6-17(13)26)30-18-8-14-10-27-29-23(14)28-21(18)20(22(30)25(2,3)12-33-4)15-9-19(24(31)32)34-11-15/h5-8,10,15,19H,9,11-12H2,1-4H3,(H,31,32)(H,27,28,29)/t15-,19+/m1/s1. The van der Waals surface area contributed by atoms with E-state index >= 15 is 0 Å². The molecule has 0 spiro atoms. The quantitative estimate of drug-likeness (QED) is 0.441. The number of aliphatic carboxylic acids is 1. The monoisotopic (exact) mass is 466 g/mol. The van der Waals surface area contributed by atoms with E-state index in [2.05, 4.69) is 28.6 Å². The van der Waals surface area contributed by atoms with Crippen molar-refractivity contribution in [2.45, 2.75) is 44.6 Å². The normalized spacial score (nSPS) is 18.9. The van der Waals surface area contributed by atoms with Crippen molar-refractivity contribution in [3.8, 4) is 5.69 Å². The van der Waals surface area contributed by atoms with Crippen molar-refractivity contribution in [1.29, 1.82) is 0 Å². The van der Waals surface area contributed by atoms with Gasteiger partial charge in [0, 0.05) is 40.8 Å². The second-order valence-electron chi connectivity index (χ2n) is 9.60. The Bertz CT molecular complexity index is 1410. The van der Waals surface area contributed by atoms with Crippen LogP contribution in [0.25, 0.3) is 27.8 Å². The predicted molar refractivity (Wildman–Crippen MR) is 125 cm³/mol. The van der Waals surface area contributed by atoms with Gasteiger partial charge in [-0.25, -0.2) is 14.2 Å². The van der Waals surface area contributed by atoms with E-state index in [0.29, 0.717) is 24.2 Å². The summed E-state index contributed by atoms with van der Waals surface area (Å²) in [5.41, 5.74) is 4.97. The Labute approximate surface area is 195 Å². The lowest BCUT2D eigenvalue weighted by Crippen LogP contribution is -2.29. The molecule has 0 unspecified atom stereocenters. The minimum Gasteiger partial charge on any atom is -0.479 e. The van der Waals surface area contributed by atoms with Crippen molar-refractivity contribution < 1.29 is 23.8 Å². The number of hydrogen-bond acceptors (Lipinski definition) is 5. The lowest BCUT2D eigenvalue weighted by atomic mass is 9.82. The summed E-state index contributed by atoms with van der Waals surface area (Å²) in [5.74, 6) is -1.42. The SMILES string of the molecule is COCC(C)(C)c1c([C@H]2CO[C@H](C(=O)O)C2)c2nc3[nH]ncc3cc2n1-c1ccc(F)c(C)c1. The summed E-state index contributed by atoms with van der Waals surface area (Å²) in [6.45, 7) is 6.60. The minimum absolute atomic E-state index is 0.176. The average Bonchev–Trinajstić information content (AvgIpc) is 3.50. The van der Waals surface area contributed by atoms with Gasteiger partial charge in [-0.15, -0.1) is 0 Å². The molecule has 4 aromatic rings. The molecule has 2 N–H and O–H groups in total. The molecule has 0 amide bonds. The maximum absolute atomic E-state index is 14.2. The second-order valence-corrected chi connectivity index (χ2v) is 9.60. The zero-order valence-corrected chi connectivity index (χ0v) is 19.6. The van der Waals surface area contributed by atoms with Crippen LogP contribution in [0.15, 0.2) is 30.5 Å². The van der Waals surface area contributed by atoms with E-state index in [-0.39, 0.29) is 18.3 Å². The van der Waals surface area contributed by atoms with Crippen LogP contribution < -0.4 is 0 Å². The van der Waals surface area contributed by atoms with E-state index in [1.165, 1.54) is 6.07 Å². The number of halogens is 1. The first-order valence-corrected chi connectivity index (χ1v) is 11.2. The number of fused-ring (bicyclic) bond motifs is 2. The number of nitrogens with zero attached hydrogens (tertiary/aromatic N) is 3. The van der Waals surface area contributed by atoms with E-state index in [9.17, 15) is 14.3 Å². The van der Waals surface area contributed by atoms with Gasteiger partial charge >= 0.3 is 5.97 Å². The predicted octanol–water partition coefficient (Wildman–Crippen LogP) is 4.23. The molecule has 3 aromatic heterocycles. The van der Waals surface area contributed by atoms with Gasteiger partial charge in [0.25, 0.3) is 0 Å². The molecular weight excluding hydrogens is 439 g/mol. The number of benzene rings is 1. The van der Waals surface area contributed by atoms with Crippen LogP contribution in [-0.2, 0) is 19.7 Å². The Kier molecular flexibility index (Phi) is 5.41. The number of hydrogen-bond donors (Lipinski definition) is 2. The van der Waals surface area contributed by atoms with Gasteiger partial charge in [-0.2, -0.15) is 5.10 Å². The summed E-state index contributed by atoms with van der Waals surface area (Å²) in [5, 5.41) is 17.5. The topological polar surface area (TPSA) is 102 Å². The van der Waals surface area contributed by atoms with Crippen molar-refractivity contribution in [3.63, 3.8) is 0 Å². The highest BCUT2D eigenvalue weighted by Crippen LogP contribution is 2.44. The van der Waals surface area contributed by atoms with Crippen molar-refractivity contribution >= 4 is 28.0 Å². The fourth-order valence-corrected chi connectivity index (χ4v) is 5.11. The number of aromatic amines is 1. The first kappa shape index (κ1) is 22.5. The van der Waals surface area contributed by atoms with E-state index in [4.69, 9.17) is 14.5 Å². The number of methoxy groups -OCH3 is 1. The van der Waals surface area contributed by atoms with Crippen LogP contribution in [-0.4, -0.2) is 57.3 Å².